The second kappa shape index (κ2) is 8.32. The second-order valence-corrected chi connectivity index (χ2v) is 6.95. The number of benzene rings is 1. The highest BCUT2D eigenvalue weighted by atomic mass is 127. The van der Waals surface area contributed by atoms with Gasteiger partial charge in [-0.2, -0.15) is 0 Å². The lowest BCUT2D eigenvalue weighted by Crippen LogP contribution is -2.49. The highest BCUT2D eigenvalue weighted by Gasteiger charge is 2.30. The first kappa shape index (κ1) is 16.2. The Kier molecular flexibility index (Phi) is 6.74. The fraction of sp³-hybridized carbons (Fsp3) is 0.625. The summed E-state index contributed by atoms with van der Waals surface area (Å²) < 4.78 is 7.06. The molecule has 20 heavy (non-hydrogen) atoms. The maximum absolute atomic E-state index is 5.80. The Morgan fingerprint density at radius 1 is 1.25 bits per heavy atom. The number of halogens is 1. The van der Waals surface area contributed by atoms with E-state index in [-0.39, 0.29) is 12.1 Å². The standard InChI is InChI=1S/C16H25IN2O/c1-20-16(13-5-3-2-4-6-13)15(19-18)11-12-7-9-14(17)10-8-12/h7-10,13,15-16,19H,2-6,11,18H2,1H3. The molecule has 1 aliphatic rings. The maximum atomic E-state index is 5.80. The molecule has 0 amide bonds. The molecule has 3 N–H and O–H groups in total. The van der Waals surface area contributed by atoms with Gasteiger partial charge in [-0.05, 0) is 65.5 Å². The largest absolute Gasteiger partial charge is 0.379 e. The van der Waals surface area contributed by atoms with Crippen LogP contribution in [0.2, 0.25) is 0 Å². The smallest absolute Gasteiger partial charge is 0.0769 e. The minimum absolute atomic E-state index is 0.183. The van der Waals surface area contributed by atoms with Crippen LogP contribution in [-0.2, 0) is 11.2 Å². The van der Waals surface area contributed by atoms with E-state index in [9.17, 15) is 0 Å². The molecule has 0 aliphatic heterocycles. The number of nitrogens with one attached hydrogen (secondary N) is 1. The van der Waals surface area contributed by atoms with E-state index in [4.69, 9.17) is 10.6 Å². The summed E-state index contributed by atoms with van der Waals surface area (Å²) in [6.45, 7) is 0. The number of ether oxygens (including phenoxy) is 1. The number of hydrogen-bond donors (Lipinski definition) is 2. The average molecular weight is 388 g/mol. The van der Waals surface area contributed by atoms with Gasteiger partial charge in [0, 0.05) is 10.7 Å². The molecule has 2 atom stereocenters. The molecule has 112 valence electrons. The summed E-state index contributed by atoms with van der Waals surface area (Å²) in [6, 6.07) is 8.83. The van der Waals surface area contributed by atoms with Gasteiger partial charge >= 0.3 is 0 Å². The molecule has 4 heteroatoms. The van der Waals surface area contributed by atoms with Crippen LogP contribution in [0.25, 0.3) is 0 Å². The molecular formula is C16H25IN2O. The summed E-state index contributed by atoms with van der Waals surface area (Å²) >= 11 is 2.33. The van der Waals surface area contributed by atoms with Crippen molar-refractivity contribution in [3.8, 4) is 0 Å². The summed E-state index contributed by atoms with van der Waals surface area (Å²) in [4.78, 5) is 0. The number of rotatable bonds is 6. The lowest BCUT2D eigenvalue weighted by atomic mass is 9.81. The van der Waals surface area contributed by atoms with Crippen LogP contribution in [0.5, 0.6) is 0 Å². The van der Waals surface area contributed by atoms with Crippen LogP contribution in [0, 0.1) is 9.49 Å². The zero-order valence-electron chi connectivity index (χ0n) is 12.1. The van der Waals surface area contributed by atoms with E-state index in [0.29, 0.717) is 5.92 Å². The molecule has 0 radical (unpaired) electrons. The second-order valence-electron chi connectivity index (χ2n) is 5.70. The SMILES string of the molecule is COC(C1CCCCC1)C(Cc1ccc(I)cc1)NN. The molecule has 0 heterocycles. The third-order valence-electron chi connectivity index (χ3n) is 4.37. The zero-order valence-corrected chi connectivity index (χ0v) is 14.3. The molecule has 1 aromatic rings. The summed E-state index contributed by atoms with van der Waals surface area (Å²) in [7, 11) is 1.82. The topological polar surface area (TPSA) is 47.3 Å². The highest BCUT2D eigenvalue weighted by Crippen LogP contribution is 2.30. The fourth-order valence-electron chi connectivity index (χ4n) is 3.29. The lowest BCUT2D eigenvalue weighted by molar-refractivity contribution is 0.00827. The Balaban J connectivity index is 2.02. The first-order valence-corrected chi connectivity index (χ1v) is 8.56. The van der Waals surface area contributed by atoms with Crippen molar-refractivity contribution in [1.82, 2.24) is 5.43 Å². The van der Waals surface area contributed by atoms with Gasteiger partial charge in [0.2, 0.25) is 0 Å². The molecule has 3 nitrogen and oxygen atoms in total. The van der Waals surface area contributed by atoms with Crippen LogP contribution >= 0.6 is 22.6 Å². The Hall–Kier alpha value is -0.170. The fourth-order valence-corrected chi connectivity index (χ4v) is 3.65. The van der Waals surface area contributed by atoms with E-state index in [1.54, 1.807) is 0 Å². The van der Waals surface area contributed by atoms with Gasteiger partial charge in [0.05, 0.1) is 12.1 Å². The van der Waals surface area contributed by atoms with E-state index >= 15 is 0 Å². The van der Waals surface area contributed by atoms with Gasteiger partial charge in [0.1, 0.15) is 0 Å². The molecule has 0 bridgehead atoms. The summed E-state index contributed by atoms with van der Waals surface area (Å²) in [5, 5.41) is 0. The van der Waals surface area contributed by atoms with E-state index in [0.717, 1.165) is 6.42 Å². The van der Waals surface area contributed by atoms with Crippen molar-refractivity contribution in [3.63, 3.8) is 0 Å². The summed E-state index contributed by atoms with van der Waals surface area (Å²) in [5.41, 5.74) is 4.30. The molecule has 1 fully saturated rings. The Bertz CT molecular complexity index is 390. The Morgan fingerprint density at radius 2 is 1.90 bits per heavy atom. The van der Waals surface area contributed by atoms with Gasteiger partial charge in [-0.3, -0.25) is 11.3 Å². The minimum atomic E-state index is 0.183. The zero-order chi connectivity index (χ0) is 14.4. The van der Waals surface area contributed by atoms with Gasteiger partial charge in [-0.15, -0.1) is 0 Å². The molecule has 2 rings (SSSR count). The van der Waals surface area contributed by atoms with Gasteiger partial charge < -0.3 is 4.74 Å². The summed E-state index contributed by atoms with van der Waals surface area (Å²) in [5.74, 6) is 6.44. The van der Waals surface area contributed by atoms with Crippen LogP contribution in [-0.4, -0.2) is 19.3 Å². The van der Waals surface area contributed by atoms with Crippen LogP contribution in [0.4, 0.5) is 0 Å². The Labute approximate surface area is 135 Å². The first-order valence-electron chi connectivity index (χ1n) is 7.48. The number of nitrogens with two attached hydrogens (primary N) is 1. The van der Waals surface area contributed by atoms with Crippen molar-refractivity contribution in [2.75, 3.05) is 7.11 Å². The van der Waals surface area contributed by atoms with Crippen LogP contribution in [0.3, 0.4) is 0 Å². The third kappa shape index (κ3) is 4.41. The first-order chi connectivity index (χ1) is 9.74. The van der Waals surface area contributed by atoms with Crippen molar-refractivity contribution < 1.29 is 4.74 Å². The van der Waals surface area contributed by atoms with Crippen LogP contribution in [0.1, 0.15) is 37.7 Å². The summed E-state index contributed by atoms with van der Waals surface area (Å²) in [6.07, 6.45) is 7.68. The van der Waals surface area contributed by atoms with E-state index in [1.807, 2.05) is 7.11 Å². The van der Waals surface area contributed by atoms with E-state index in [2.05, 4.69) is 52.3 Å². The molecule has 0 spiro atoms. The van der Waals surface area contributed by atoms with E-state index < -0.39 is 0 Å². The maximum Gasteiger partial charge on any atom is 0.0769 e. The van der Waals surface area contributed by atoms with Crippen molar-refractivity contribution in [2.24, 2.45) is 11.8 Å². The van der Waals surface area contributed by atoms with Crippen LogP contribution in [0.15, 0.2) is 24.3 Å². The molecule has 1 aromatic carbocycles. The van der Waals surface area contributed by atoms with E-state index in [1.165, 1.54) is 41.2 Å². The minimum Gasteiger partial charge on any atom is -0.379 e. The van der Waals surface area contributed by atoms with Crippen molar-refractivity contribution in [3.05, 3.63) is 33.4 Å². The number of hydrazine groups is 1. The highest BCUT2D eigenvalue weighted by molar-refractivity contribution is 14.1. The van der Waals surface area contributed by atoms with Gasteiger partial charge in [0.25, 0.3) is 0 Å². The normalized spacial score (nSPS) is 19.8. The molecule has 0 aromatic heterocycles. The predicted molar refractivity (Wildman–Crippen MR) is 91.3 cm³/mol. The molecule has 1 aliphatic carbocycles. The van der Waals surface area contributed by atoms with Crippen molar-refractivity contribution in [1.29, 1.82) is 0 Å². The molecule has 0 saturated heterocycles. The predicted octanol–water partition coefficient (Wildman–Crippen LogP) is 3.26. The average Bonchev–Trinajstić information content (AvgIpc) is 2.50. The Morgan fingerprint density at radius 3 is 2.45 bits per heavy atom. The third-order valence-corrected chi connectivity index (χ3v) is 5.09. The molecule has 1 saturated carbocycles. The monoisotopic (exact) mass is 388 g/mol. The molecular weight excluding hydrogens is 363 g/mol. The lowest BCUT2D eigenvalue weighted by Gasteiger charge is -2.34. The van der Waals surface area contributed by atoms with Gasteiger partial charge in [0.15, 0.2) is 0 Å². The number of methoxy groups -OCH3 is 1. The number of hydrogen-bond acceptors (Lipinski definition) is 3. The molecule has 2 unspecified atom stereocenters. The van der Waals surface area contributed by atoms with Crippen molar-refractivity contribution >= 4 is 22.6 Å². The van der Waals surface area contributed by atoms with Crippen molar-refractivity contribution in [2.45, 2.75) is 50.7 Å². The van der Waals surface area contributed by atoms with Crippen LogP contribution < -0.4 is 11.3 Å². The van der Waals surface area contributed by atoms with Gasteiger partial charge in [-0.25, -0.2) is 0 Å². The quantitative estimate of drug-likeness (QED) is 0.447. The van der Waals surface area contributed by atoms with Gasteiger partial charge in [-0.1, -0.05) is 31.4 Å².